The minimum atomic E-state index is -0.576. The first-order valence-corrected chi connectivity index (χ1v) is 9.42. The molecular weight excluding hydrogens is 398 g/mol. The van der Waals surface area contributed by atoms with Crippen LogP contribution in [-0.2, 0) is 9.47 Å². The van der Waals surface area contributed by atoms with Gasteiger partial charge < -0.3 is 23.8 Å². The Morgan fingerprint density at radius 2 is 1.00 bits per heavy atom. The van der Waals surface area contributed by atoms with Gasteiger partial charge in [-0.05, 0) is 60.7 Å². The quantitative estimate of drug-likeness (QED) is 0.510. The lowest BCUT2D eigenvalue weighted by Crippen LogP contribution is -2.19. The maximum atomic E-state index is 12.6. The lowest BCUT2D eigenvalue weighted by Gasteiger charge is -2.29. The molecule has 0 spiro atoms. The van der Waals surface area contributed by atoms with Crippen LogP contribution in [0.1, 0.15) is 20.7 Å². The predicted octanol–water partition coefficient (Wildman–Crippen LogP) is 4.75. The summed E-state index contributed by atoms with van der Waals surface area (Å²) in [4.78, 5) is 27.0. The van der Waals surface area contributed by atoms with E-state index < -0.39 is 11.9 Å². The lowest BCUT2D eigenvalue weighted by atomic mass is 10.0. The van der Waals surface area contributed by atoms with Gasteiger partial charge in [-0.25, -0.2) is 9.59 Å². The average Bonchev–Trinajstić information content (AvgIpc) is 2.84. The largest absolute Gasteiger partial charge is 0.497 e. The fraction of sp³-hybridized carbons (Fsp3) is 0.167. The summed E-state index contributed by atoms with van der Waals surface area (Å²) in [5.41, 5.74) is 2.19. The topological polar surface area (TPSA) is 74.3 Å². The van der Waals surface area contributed by atoms with Gasteiger partial charge in [-0.1, -0.05) is 6.07 Å². The van der Waals surface area contributed by atoms with Crippen molar-refractivity contribution in [1.82, 2.24) is 0 Å². The normalized spacial score (nSPS) is 10.2. The Hall–Kier alpha value is -4.00. The molecule has 0 unspecified atom stereocenters. The minimum Gasteiger partial charge on any atom is -0.497 e. The van der Waals surface area contributed by atoms with Crippen molar-refractivity contribution in [3.8, 4) is 11.5 Å². The van der Waals surface area contributed by atoms with Gasteiger partial charge in [0.1, 0.15) is 11.5 Å². The number of hydrogen-bond acceptors (Lipinski definition) is 7. The van der Waals surface area contributed by atoms with E-state index in [1.807, 2.05) is 24.3 Å². The first-order valence-electron chi connectivity index (χ1n) is 9.42. The fourth-order valence-electron chi connectivity index (χ4n) is 3.20. The summed E-state index contributed by atoms with van der Waals surface area (Å²) < 4.78 is 20.5. The third-order valence-corrected chi connectivity index (χ3v) is 4.73. The van der Waals surface area contributed by atoms with Crippen LogP contribution in [0.4, 0.5) is 17.1 Å². The molecule has 0 aliphatic carbocycles. The van der Waals surface area contributed by atoms with Crippen molar-refractivity contribution in [1.29, 1.82) is 0 Å². The van der Waals surface area contributed by atoms with E-state index in [4.69, 9.17) is 18.9 Å². The summed E-state index contributed by atoms with van der Waals surface area (Å²) in [5.74, 6) is 0.196. The maximum Gasteiger partial charge on any atom is 0.340 e. The monoisotopic (exact) mass is 421 g/mol. The molecule has 0 N–H and O–H groups in total. The zero-order chi connectivity index (χ0) is 22.4. The van der Waals surface area contributed by atoms with E-state index in [-0.39, 0.29) is 11.1 Å². The Labute approximate surface area is 180 Å². The summed E-state index contributed by atoms with van der Waals surface area (Å²) >= 11 is 0. The molecule has 0 fully saturated rings. The molecule has 7 nitrogen and oxygen atoms in total. The minimum absolute atomic E-state index is 0.219. The second-order valence-electron chi connectivity index (χ2n) is 6.42. The summed E-state index contributed by atoms with van der Waals surface area (Å²) in [7, 11) is 5.75. The Morgan fingerprint density at radius 3 is 1.32 bits per heavy atom. The number of ether oxygens (including phenoxy) is 4. The second-order valence-corrected chi connectivity index (χ2v) is 6.42. The number of nitrogens with zero attached hydrogens (tertiary/aromatic N) is 1. The standard InChI is InChI=1S/C24H23NO6/c1-28-18-12-8-16(9-13-18)25(17-10-14-19(29-2)15-11-17)22-20(23(26)30-3)6-5-7-21(22)24(27)31-4/h5-15H,1-4H3. The van der Waals surface area contributed by atoms with Crippen LogP contribution in [0, 0.1) is 0 Å². The van der Waals surface area contributed by atoms with Gasteiger partial charge >= 0.3 is 11.9 Å². The number of esters is 2. The number of anilines is 3. The van der Waals surface area contributed by atoms with Crippen LogP contribution in [0.3, 0.4) is 0 Å². The Balaban J connectivity index is 2.32. The van der Waals surface area contributed by atoms with Gasteiger partial charge in [0.05, 0.1) is 45.3 Å². The maximum absolute atomic E-state index is 12.6. The zero-order valence-corrected chi connectivity index (χ0v) is 17.7. The zero-order valence-electron chi connectivity index (χ0n) is 17.7. The van der Waals surface area contributed by atoms with E-state index in [2.05, 4.69) is 0 Å². The van der Waals surface area contributed by atoms with Gasteiger partial charge in [-0.2, -0.15) is 0 Å². The lowest BCUT2D eigenvalue weighted by molar-refractivity contribution is 0.0601. The molecule has 160 valence electrons. The summed E-state index contributed by atoms with van der Waals surface area (Å²) in [6.45, 7) is 0. The van der Waals surface area contributed by atoms with Crippen LogP contribution in [0.25, 0.3) is 0 Å². The molecule has 0 aliphatic heterocycles. The van der Waals surface area contributed by atoms with Crippen LogP contribution < -0.4 is 14.4 Å². The number of para-hydroxylation sites is 1. The van der Waals surface area contributed by atoms with E-state index in [1.165, 1.54) is 14.2 Å². The van der Waals surface area contributed by atoms with Crippen LogP contribution in [-0.4, -0.2) is 40.4 Å². The van der Waals surface area contributed by atoms with E-state index in [0.717, 1.165) is 0 Å². The Morgan fingerprint density at radius 1 is 0.613 bits per heavy atom. The Bertz CT molecular complexity index is 979. The van der Waals surface area contributed by atoms with Crippen molar-refractivity contribution in [2.45, 2.75) is 0 Å². The Kier molecular flexibility index (Phi) is 6.77. The highest BCUT2D eigenvalue weighted by Gasteiger charge is 2.27. The molecule has 0 aromatic heterocycles. The number of carbonyl (C=O) groups excluding carboxylic acids is 2. The molecule has 0 atom stereocenters. The molecule has 31 heavy (non-hydrogen) atoms. The summed E-state index contributed by atoms with van der Waals surface area (Å²) in [6.07, 6.45) is 0. The number of benzene rings is 3. The number of hydrogen-bond donors (Lipinski definition) is 0. The number of carbonyl (C=O) groups is 2. The third kappa shape index (κ3) is 4.45. The van der Waals surface area contributed by atoms with Crippen LogP contribution in [0.5, 0.6) is 11.5 Å². The molecule has 3 aromatic carbocycles. The molecule has 0 saturated carbocycles. The highest BCUT2D eigenvalue weighted by Crippen LogP contribution is 2.40. The highest BCUT2D eigenvalue weighted by atomic mass is 16.5. The summed E-state index contributed by atoms with van der Waals surface area (Å²) in [5, 5.41) is 0. The molecule has 7 heteroatoms. The number of methoxy groups -OCH3 is 4. The van der Waals surface area contributed by atoms with Gasteiger partial charge in [0.15, 0.2) is 0 Å². The molecule has 0 radical (unpaired) electrons. The van der Waals surface area contributed by atoms with Crippen LogP contribution >= 0.6 is 0 Å². The van der Waals surface area contributed by atoms with Crippen molar-refractivity contribution in [3.63, 3.8) is 0 Å². The van der Waals surface area contributed by atoms with Gasteiger partial charge in [0.25, 0.3) is 0 Å². The van der Waals surface area contributed by atoms with Gasteiger partial charge in [-0.15, -0.1) is 0 Å². The third-order valence-electron chi connectivity index (χ3n) is 4.73. The van der Waals surface area contributed by atoms with Crippen molar-refractivity contribution in [2.24, 2.45) is 0 Å². The molecule has 0 bridgehead atoms. The molecule has 0 saturated heterocycles. The molecule has 0 amide bonds. The SMILES string of the molecule is COC(=O)c1cccc(C(=O)OC)c1N(c1ccc(OC)cc1)c1ccc(OC)cc1. The first-order chi connectivity index (χ1) is 15.0. The van der Waals surface area contributed by atoms with E-state index in [1.54, 1.807) is 61.6 Å². The number of rotatable bonds is 7. The molecule has 0 heterocycles. The predicted molar refractivity (Wildman–Crippen MR) is 117 cm³/mol. The summed E-state index contributed by atoms with van der Waals surface area (Å²) in [6, 6.07) is 19.3. The van der Waals surface area contributed by atoms with Crippen molar-refractivity contribution in [3.05, 3.63) is 77.9 Å². The van der Waals surface area contributed by atoms with Crippen LogP contribution in [0.15, 0.2) is 66.7 Å². The van der Waals surface area contributed by atoms with Crippen molar-refractivity contribution in [2.75, 3.05) is 33.3 Å². The van der Waals surface area contributed by atoms with Crippen molar-refractivity contribution >= 4 is 29.0 Å². The first kappa shape index (κ1) is 21.7. The van der Waals surface area contributed by atoms with Gasteiger partial charge in [0.2, 0.25) is 0 Å². The van der Waals surface area contributed by atoms with Gasteiger partial charge in [-0.3, -0.25) is 0 Å². The van der Waals surface area contributed by atoms with E-state index in [9.17, 15) is 9.59 Å². The smallest absolute Gasteiger partial charge is 0.340 e. The van der Waals surface area contributed by atoms with Crippen molar-refractivity contribution < 1.29 is 28.5 Å². The van der Waals surface area contributed by atoms with Gasteiger partial charge in [0, 0.05) is 11.4 Å². The van der Waals surface area contributed by atoms with E-state index >= 15 is 0 Å². The van der Waals surface area contributed by atoms with E-state index in [0.29, 0.717) is 28.6 Å². The fourth-order valence-corrected chi connectivity index (χ4v) is 3.20. The molecule has 3 rings (SSSR count). The highest BCUT2D eigenvalue weighted by molar-refractivity contribution is 6.07. The molecule has 3 aromatic rings. The van der Waals surface area contributed by atoms with Crippen LogP contribution in [0.2, 0.25) is 0 Å². The molecule has 0 aliphatic rings. The molecular formula is C24H23NO6. The second kappa shape index (κ2) is 9.67. The average molecular weight is 421 g/mol.